The highest BCUT2D eigenvalue weighted by atomic mass is 19.1. The third kappa shape index (κ3) is 3.61. The molecule has 5 rings (SSSR count). The van der Waals surface area contributed by atoms with Gasteiger partial charge in [0.2, 0.25) is 5.78 Å². The van der Waals surface area contributed by atoms with Gasteiger partial charge in [0.25, 0.3) is 5.91 Å². The zero-order chi connectivity index (χ0) is 28.5. The van der Waals surface area contributed by atoms with Gasteiger partial charge >= 0.3 is 0 Å². The van der Waals surface area contributed by atoms with Crippen LogP contribution in [-0.4, -0.2) is 86.5 Å². The van der Waals surface area contributed by atoms with E-state index < -0.39 is 80.7 Å². The molecule has 4 atom stereocenters. The summed E-state index contributed by atoms with van der Waals surface area (Å²) >= 11 is 0. The first-order chi connectivity index (χ1) is 18.4. The zero-order valence-corrected chi connectivity index (χ0v) is 21.5. The molecule has 1 saturated carbocycles. The van der Waals surface area contributed by atoms with Gasteiger partial charge in [-0.25, -0.2) is 4.39 Å². The number of phenols is 1. The van der Waals surface area contributed by atoms with Gasteiger partial charge < -0.3 is 26.2 Å². The maximum absolute atomic E-state index is 16.0. The van der Waals surface area contributed by atoms with Crippen LogP contribution in [0.15, 0.2) is 16.9 Å². The summed E-state index contributed by atoms with van der Waals surface area (Å²) in [5.74, 6) is -9.02. The number of hydrogen-bond donors (Lipinski definition) is 5. The van der Waals surface area contributed by atoms with Crippen molar-refractivity contribution in [2.75, 3.05) is 27.2 Å². The van der Waals surface area contributed by atoms with Crippen molar-refractivity contribution in [2.24, 2.45) is 17.6 Å². The standard InChI is InChI=1S/C27H29FN4O7/c1-31(2)20-15-8-11-7-12-17(21(33)13(9-29)14(19(12)28)10-32-5-3-4-6-32)22(34)16(11)24(36)27(15,39)25(37)18(23(20)35)26(30)38/h11,15,20,33-34,37,39H,3-8,10H2,1-2H3,(H2,30,38)/t11-,15-,20-,27-/m0/s1. The first-order valence-electron chi connectivity index (χ1n) is 12.7. The summed E-state index contributed by atoms with van der Waals surface area (Å²) in [6.07, 6.45) is 1.53. The number of primary amides is 1. The lowest BCUT2D eigenvalue weighted by atomic mass is 9.57. The highest BCUT2D eigenvalue weighted by molar-refractivity contribution is 6.24. The van der Waals surface area contributed by atoms with Gasteiger partial charge in [-0.2, -0.15) is 5.26 Å². The molecule has 6 N–H and O–H groups in total. The van der Waals surface area contributed by atoms with Crippen LogP contribution in [0.3, 0.4) is 0 Å². The topological polar surface area (TPSA) is 188 Å². The summed E-state index contributed by atoms with van der Waals surface area (Å²) in [6.45, 7) is 1.50. The van der Waals surface area contributed by atoms with E-state index >= 15 is 4.39 Å². The predicted molar refractivity (Wildman–Crippen MR) is 133 cm³/mol. The molecule has 39 heavy (non-hydrogen) atoms. The van der Waals surface area contributed by atoms with Crippen molar-refractivity contribution < 1.29 is 39.2 Å². The van der Waals surface area contributed by atoms with Gasteiger partial charge in [-0.1, -0.05) is 0 Å². The van der Waals surface area contributed by atoms with E-state index in [1.807, 2.05) is 11.0 Å². The van der Waals surface area contributed by atoms with Crippen LogP contribution in [0.1, 0.15) is 41.5 Å². The second kappa shape index (κ2) is 9.15. The van der Waals surface area contributed by atoms with E-state index in [9.17, 15) is 40.1 Å². The Labute approximate surface area is 223 Å². The number of nitrogens with zero attached hydrogens (tertiary/aromatic N) is 3. The largest absolute Gasteiger partial charge is 0.508 e. The molecule has 0 radical (unpaired) electrons. The first kappa shape index (κ1) is 26.8. The Balaban J connectivity index is 1.71. The van der Waals surface area contributed by atoms with Crippen molar-refractivity contribution in [2.45, 2.75) is 43.9 Å². The van der Waals surface area contributed by atoms with Crippen LogP contribution in [0.5, 0.6) is 5.75 Å². The zero-order valence-electron chi connectivity index (χ0n) is 21.5. The van der Waals surface area contributed by atoms with E-state index in [1.165, 1.54) is 19.0 Å². The summed E-state index contributed by atoms with van der Waals surface area (Å²) < 4.78 is 16.0. The number of fused-ring (bicyclic) bond motifs is 3. The molecule has 12 heteroatoms. The molecule has 1 saturated heterocycles. The average molecular weight is 541 g/mol. The molecule has 0 unspecified atom stereocenters. The molecule has 1 aromatic carbocycles. The van der Waals surface area contributed by atoms with E-state index in [0.29, 0.717) is 13.1 Å². The number of Topliss-reactive ketones (excluding diaryl/α,β-unsaturated/α-hetero) is 2. The van der Waals surface area contributed by atoms with Crippen LogP contribution in [-0.2, 0) is 27.3 Å². The van der Waals surface area contributed by atoms with Crippen molar-refractivity contribution in [1.29, 1.82) is 5.26 Å². The molecule has 2 fully saturated rings. The second-order valence-electron chi connectivity index (χ2n) is 10.9. The Morgan fingerprint density at radius 3 is 2.44 bits per heavy atom. The molecule has 0 spiro atoms. The number of nitrogens with two attached hydrogens (primary N) is 1. The number of likely N-dealkylation sites (N-methyl/N-ethyl adjacent to an activating group) is 1. The van der Waals surface area contributed by atoms with E-state index in [0.717, 1.165) is 12.8 Å². The number of carbonyl (C=O) groups is 3. The molecule has 0 aromatic heterocycles. The molecule has 11 nitrogen and oxygen atoms in total. The minimum absolute atomic E-state index is 0.00349. The van der Waals surface area contributed by atoms with Gasteiger partial charge in [0.15, 0.2) is 11.4 Å². The van der Waals surface area contributed by atoms with Gasteiger partial charge in [0.1, 0.15) is 40.3 Å². The molecular formula is C27H29FN4O7. The van der Waals surface area contributed by atoms with Crippen molar-refractivity contribution in [1.82, 2.24) is 9.80 Å². The van der Waals surface area contributed by atoms with Crippen LogP contribution in [0, 0.1) is 29.0 Å². The minimum atomic E-state index is -2.79. The number of rotatable bonds is 4. The van der Waals surface area contributed by atoms with Gasteiger partial charge in [-0.3, -0.25) is 24.2 Å². The average Bonchev–Trinajstić information content (AvgIpc) is 3.37. The van der Waals surface area contributed by atoms with Crippen LogP contribution in [0.4, 0.5) is 4.39 Å². The molecular weight excluding hydrogens is 511 g/mol. The lowest BCUT2D eigenvalue weighted by Crippen LogP contribution is -2.65. The predicted octanol–water partition coefficient (Wildman–Crippen LogP) is 0.571. The summed E-state index contributed by atoms with van der Waals surface area (Å²) in [5, 5.41) is 54.5. The number of nitriles is 1. The Morgan fingerprint density at radius 1 is 1.23 bits per heavy atom. The van der Waals surface area contributed by atoms with E-state index in [4.69, 9.17) is 5.73 Å². The number of ketones is 2. The molecule has 3 aliphatic carbocycles. The van der Waals surface area contributed by atoms with E-state index in [-0.39, 0.29) is 36.1 Å². The summed E-state index contributed by atoms with van der Waals surface area (Å²) in [5.41, 5.74) is 0.348. The molecule has 1 amide bonds. The summed E-state index contributed by atoms with van der Waals surface area (Å²) in [6, 6.07) is 0.578. The Bertz CT molecular complexity index is 1440. The number of likely N-dealkylation sites (tertiary alicyclic amines) is 1. The molecule has 4 aliphatic rings. The molecule has 1 aromatic rings. The number of aliphatic hydroxyl groups excluding tert-OH is 2. The number of aromatic hydroxyl groups is 1. The van der Waals surface area contributed by atoms with Crippen molar-refractivity contribution in [3.63, 3.8) is 0 Å². The van der Waals surface area contributed by atoms with Crippen LogP contribution in [0.2, 0.25) is 0 Å². The normalized spacial score (nSPS) is 28.9. The first-order valence-corrected chi connectivity index (χ1v) is 12.7. The minimum Gasteiger partial charge on any atom is -0.508 e. The quantitative estimate of drug-likeness (QED) is 0.338. The number of halogens is 1. The van der Waals surface area contributed by atoms with Gasteiger partial charge in [-0.05, 0) is 58.8 Å². The van der Waals surface area contributed by atoms with E-state index in [1.54, 1.807) is 0 Å². The SMILES string of the molecule is CN(C)[C@@H]1C(=O)C(C(N)=O)=C(O)[C@@]2(O)C(=O)C3=C(O)c4c(O)c(C#N)c(CN5CCCC5)c(F)c4C[C@H]3C[C@@H]12. The molecule has 206 valence electrons. The Morgan fingerprint density at radius 2 is 1.87 bits per heavy atom. The molecule has 1 aliphatic heterocycles. The van der Waals surface area contributed by atoms with Crippen molar-refractivity contribution in [3.05, 3.63) is 45.0 Å². The van der Waals surface area contributed by atoms with Crippen molar-refractivity contribution in [3.8, 4) is 11.8 Å². The number of aliphatic hydroxyl groups is 3. The fourth-order valence-electron chi connectivity index (χ4n) is 6.82. The van der Waals surface area contributed by atoms with Crippen LogP contribution >= 0.6 is 0 Å². The number of phenolic OH excluding ortho intramolecular Hbond substituents is 1. The number of carbonyl (C=O) groups excluding carboxylic acids is 3. The highest BCUT2D eigenvalue weighted by Crippen LogP contribution is 2.53. The lowest BCUT2D eigenvalue weighted by molar-refractivity contribution is -0.153. The monoisotopic (exact) mass is 540 g/mol. The second-order valence-corrected chi connectivity index (χ2v) is 10.9. The smallest absolute Gasteiger partial charge is 0.255 e. The van der Waals surface area contributed by atoms with Gasteiger partial charge in [0.05, 0.1) is 11.6 Å². The van der Waals surface area contributed by atoms with Crippen LogP contribution < -0.4 is 5.73 Å². The maximum atomic E-state index is 16.0. The highest BCUT2D eigenvalue weighted by Gasteiger charge is 2.64. The Hall–Kier alpha value is -3.79. The number of amides is 1. The summed E-state index contributed by atoms with van der Waals surface area (Å²) in [7, 11) is 3.00. The summed E-state index contributed by atoms with van der Waals surface area (Å²) in [4.78, 5) is 42.4. The van der Waals surface area contributed by atoms with Gasteiger partial charge in [-0.15, -0.1) is 0 Å². The number of hydrogen-bond acceptors (Lipinski definition) is 10. The number of benzene rings is 1. The van der Waals surface area contributed by atoms with Gasteiger partial charge in [0, 0.05) is 29.2 Å². The van der Waals surface area contributed by atoms with E-state index in [2.05, 4.69) is 0 Å². The molecule has 0 bridgehead atoms. The maximum Gasteiger partial charge on any atom is 0.255 e. The fourth-order valence-corrected chi connectivity index (χ4v) is 6.82. The van der Waals surface area contributed by atoms with Crippen LogP contribution in [0.25, 0.3) is 5.76 Å². The Kier molecular flexibility index (Phi) is 6.29. The lowest BCUT2D eigenvalue weighted by Gasteiger charge is -2.50. The third-order valence-electron chi connectivity index (χ3n) is 8.61. The fraction of sp³-hybridized carbons (Fsp3) is 0.481. The molecule has 1 heterocycles. The third-order valence-corrected chi connectivity index (χ3v) is 8.61. The van der Waals surface area contributed by atoms with Crippen molar-refractivity contribution >= 4 is 23.2 Å².